The first-order valence-corrected chi connectivity index (χ1v) is 11.0. The van der Waals surface area contributed by atoms with Crippen molar-refractivity contribution in [2.45, 2.75) is 39.8 Å². The Balaban J connectivity index is 1.90. The van der Waals surface area contributed by atoms with E-state index in [0.29, 0.717) is 32.2 Å². The Morgan fingerprint density at radius 3 is 2.67 bits per heavy atom. The number of aryl methyl sites for hydroxylation is 1. The molecule has 2 aromatic heterocycles. The number of nitriles is 1. The lowest BCUT2D eigenvalue weighted by atomic mass is 10.0. The molecule has 2 aromatic carbocycles. The van der Waals surface area contributed by atoms with Crippen LogP contribution in [0.5, 0.6) is 11.6 Å². The normalized spacial score (nSPS) is 11.7. The van der Waals surface area contributed by atoms with Crippen LogP contribution in [0.25, 0.3) is 21.8 Å². The summed E-state index contributed by atoms with van der Waals surface area (Å²) in [4.78, 5) is 12.9. The van der Waals surface area contributed by atoms with Gasteiger partial charge in [-0.3, -0.25) is 4.57 Å². The molecule has 4 rings (SSSR count). The molecule has 0 saturated heterocycles. The largest absolute Gasteiger partial charge is 0.496 e. The summed E-state index contributed by atoms with van der Waals surface area (Å²) in [6.45, 7) is 7.52. The lowest BCUT2D eigenvalue weighted by Gasteiger charge is -2.20. The van der Waals surface area contributed by atoms with E-state index in [1.54, 1.807) is 31.5 Å². The fraction of sp³-hybridized carbons (Fsp3) is 0.292. The lowest BCUT2D eigenvalue weighted by molar-refractivity contribution is 0.0544. The number of ether oxygens (including phenoxy) is 2. The van der Waals surface area contributed by atoms with Gasteiger partial charge in [-0.25, -0.2) is 9.48 Å². The molecule has 8 nitrogen and oxygen atoms in total. The number of fused-ring (bicyclic) bond motifs is 2. The van der Waals surface area contributed by atoms with Gasteiger partial charge < -0.3 is 14.6 Å². The zero-order valence-electron chi connectivity index (χ0n) is 18.9. The number of hydrogen-bond acceptors (Lipinski definition) is 6. The average molecular weight is 511 g/mol. The van der Waals surface area contributed by atoms with E-state index in [-0.39, 0.29) is 12.4 Å². The molecule has 170 valence electrons. The van der Waals surface area contributed by atoms with Crippen molar-refractivity contribution in [3.05, 3.63) is 51.6 Å². The third-order valence-corrected chi connectivity index (χ3v) is 5.84. The number of carbonyl (C=O) groups is 1. The Kier molecular flexibility index (Phi) is 5.58. The zero-order chi connectivity index (χ0) is 24.1. The molecule has 0 saturated carbocycles. The van der Waals surface area contributed by atoms with Gasteiger partial charge in [-0.05, 0) is 73.5 Å². The molecule has 0 spiro atoms. The third-order valence-electron chi connectivity index (χ3n) is 5.24. The lowest BCUT2D eigenvalue weighted by Crippen LogP contribution is -2.26. The first-order valence-electron chi connectivity index (χ1n) is 10.2. The van der Waals surface area contributed by atoms with Gasteiger partial charge in [0.1, 0.15) is 11.4 Å². The van der Waals surface area contributed by atoms with Gasteiger partial charge in [0.05, 0.1) is 41.7 Å². The summed E-state index contributed by atoms with van der Waals surface area (Å²) in [5.74, 6) is 0.542. The Hall–Kier alpha value is -3.51. The molecule has 4 aromatic rings. The fourth-order valence-corrected chi connectivity index (χ4v) is 4.50. The molecule has 33 heavy (non-hydrogen) atoms. The van der Waals surface area contributed by atoms with Crippen LogP contribution in [0.1, 0.15) is 37.5 Å². The molecule has 1 N–H and O–H groups in total. The van der Waals surface area contributed by atoms with Crippen LogP contribution in [0.2, 0.25) is 0 Å². The maximum absolute atomic E-state index is 12.9. The minimum atomic E-state index is -0.646. The van der Waals surface area contributed by atoms with Crippen LogP contribution in [0, 0.1) is 18.3 Å². The van der Waals surface area contributed by atoms with Crippen molar-refractivity contribution >= 4 is 43.8 Å². The summed E-state index contributed by atoms with van der Waals surface area (Å²) in [5.41, 5.74) is 2.59. The summed E-state index contributed by atoms with van der Waals surface area (Å²) in [5, 5.41) is 25.7. The molecule has 2 heterocycles. The fourth-order valence-electron chi connectivity index (χ4n) is 3.87. The number of hydrogen-bond donors (Lipinski definition) is 1. The van der Waals surface area contributed by atoms with E-state index in [9.17, 15) is 15.2 Å². The Bertz CT molecular complexity index is 1450. The van der Waals surface area contributed by atoms with E-state index in [4.69, 9.17) is 9.47 Å². The highest BCUT2D eigenvalue weighted by Crippen LogP contribution is 2.39. The minimum absolute atomic E-state index is 0.0550. The number of carbonyl (C=O) groups excluding carboxylic acids is 1. The van der Waals surface area contributed by atoms with Crippen LogP contribution in [-0.2, 0) is 11.3 Å². The van der Waals surface area contributed by atoms with Crippen molar-refractivity contribution in [1.29, 1.82) is 5.26 Å². The van der Waals surface area contributed by atoms with Crippen LogP contribution >= 0.6 is 15.9 Å². The second-order valence-electron chi connectivity index (χ2n) is 8.75. The number of aromatic nitrogens is 3. The van der Waals surface area contributed by atoms with E-state index in [1.165, 1.54) is 9.25 Å². The molecule has 0 amide bonds. The van der Waals surface area contributed by atoms with E-state index in [0.717, 1.165) is 16.5 Å². The van der Waals surface area contributed by atoms with Gasteiger partial charge in [-0.15, -0.1) is 0 Å². The molecule has 0 atom stereocenters. The van der Waals surface area contributed by atoms with Gasteiger partial charge in [-0.1, -0.05) is 0 Å². The molecule has 0 aliphatic heterocycles. The Morgan fingerprint density at radius 1 is 1.30 bits per heavy atom. The van der Waals surface area contributed by atoms with Crippen LogP contribution < -0.4 is 4.74 Å². The quantitative estimate of drug-likeness (QED) is 0.391. The molecule has 0 aliphatic carbocycles. The number of halogens is 1. The van der Waals surface area contributed by atoms with Crippen molar-refractivity contribution in [1.82, 2.24) is 14.3 Å². The predicted octanol–water partition coefficient (Wildman–Crippen LogP) is 5.48. The average Bonchev–Trinajstić information content (AvgIpc) is 3.26. The van der Waals surface area contributed by atoms with Crippen molar-refractivity contribution in [2.24, 2.45) is 0 Å². The van der Waals surface area contributed by atoms with Crippen molar-refractivity contribution < 1.29 is 19.4 Å². The molecule has 0 fully saturated rings. The Morgan fingerprint density at radius 2 is 2.03 bits per heavy atom. The second-order valence-corrected chi connectivity index (χ2v) is 9.60. The first kappa shape index (κ1) is 22.7. The maximum atomic E-state index is 12.9. The predicted molar refractivity (Wildman–Crippen MR) is 128 cm³/mol. The SMILES string of the molecule is COc1cc(C)c2c(c(Br)cn2C(=O)OC(C)(C)C)c1Cn1nc2ccc(C#N)cc2c1O. The molecule has 0 aliphatic rings. The highest BCUT2D eigenvalue weighted by Gasteiger charge is 2.25. The molecule has 0 radical (unpaired) electrons. The van der Waals surface area contributed by atoms with E-state index < -0.39 is 11.7 Å². The highest BCUT2D eigenvalue weighted by atomic mass is 79.9. The zero-order valence-corrected chi connectivity index (χ0v) is 20.5. The number of aromatic hydroxyl groups is 1. The smallest absolute Gasteiger partial charge is 0.419 e. The van der Waals surface area contributed by atoms with Crippen LogP contribution in [0.3, 0.4) is 0 Å². The number of benzene rings is 2. The van der Waals surface area contributed by atoms with E-state index in [2.05, 4.69) is 27.1 Å². The number of nitrogens with zero attached hydrogens (tertiary/aromatic N) is 4. The van der Waals surface area contributed by atoms with Gasteiger partial charge in [0.2, 0.25) is 5.88 Å². The molecule has 9 heteroatoms. The molecule has 0 unspecified atom stereocenters. The Labute approximate surface area is 199 Å². The summed E-state index contributed by atoms with van der Waals surface area (Å²) < 4.78 is 14.8. The van der Waals surface area contributed by atoms with E-state index >= 15 is 0 Å². The van der Waals surface area contributed by atoms with Crippen LogP contribution in [0.4, 0.5) is 4.79 Å². The van der Waals surface area contributed by atoms with Crippen molar-refractivity contribution in [3.63, 3.8) is 0 Å². The van der Waals surface area contributed by atoms with Gasteiger partial charge >= 0.3 is 6.09 Å². The summed E-state index contributed by atoms with van der Waals surface area (Å²) >= 11 is 3.59. The summed E-state index contributed by atoms with van der Waals surface area (Å²) in [6, 6.07) is 8.87. The molecular formula is C24H23BrN4O4. The van der Waals surface area contributed by atoms with Gasteiger partial charge in [-0.2, -0.15) is 10.4 Å². The standard InChI is InChI=1S/C24H23BrN4O4/c1-13-8-19(32-5)16(11-29-22(30)15-9-14(10-26)6-7-18(15)27-29)20-17(25)12-28(21(13)20)23(31)33-24(2,3)4/h6-9,12,30H,11H2,1-5H3. The third kappa shape index (κ3) is 4.02. The van der Waals surface area contributed by atoms with Gasteiger partial charge in [0.25, 0.3) is 0 Å². The van der Waals surface area contributed by atoms with Crippen LogP contribution in [0.15, 0.2) is 34.9 Å². The summed E-state index contributed by atoms with van der Waals surface area (Å²) in [7, 11) is 1.57. The van der Waals surface area contributed by atoms with Crippen molar-refractivity contribution in [2.75, 3.05) is 7.11 Å². The monoisotopic (exact) mass is 510 g/mol. The van der Waals surface area contributed by atoms with E-state index in [1.807, 2.05) is 33.8 Å². The minimum Gasteiger partial charge on any atom is -0.496 e. The molecule has 0 bridgehead atoms. The van der Waals surface area contributed by atoms with Crippen LogP contribution in [-0.4, -0.2) is 38.3 Å². The summed E-state index contributed by atoms with van der Waals surface area (Å²) in [6.07, 6.45) is 1.18. The topological polar surface area (TPSA) is 102 Å². The van der Waals surface area contributed by atoms with Gasteiger partial charge in [0.15, 0.2) is 0 Å². The first-order chi connectivity index (χ1) is 15.5. The van der Waals surface area contributed by atoms with Crippen molar-refractivity contribution in [3.8, 4) is 17.7 Å². The second kappa shape index (κ2) is 8.12. The molecular weight excluding hydrogens is 488 g/mol. The maximum Gasteiger partial charge on any atom is 0.419 e. The highest BCUT2D eigenvalue weighted by molar-refractivity contribution is 9.10. The number of rotatable bonds is 3. The number of methoxy groups -OCH3 is 1. The van der Waals surface area contributed by atoms with Gasteiger partial charge in [0, 0.05) is 21.6 Å².